The molecule has 1 N–H and O–H groups in total. The number of nitrogens with one attached hydrogen (secondary N) is 1. The van der Waals surface area contributed by atoms with E-state index in [0.29, 0.717) is 16.6 Å². The largest absolute Gasteiger partial charge is 0.416 e. The van der Waals surface area contributed by atoms with Crippen molar-refractivity contribution in [3.05, 3.63) is 89.5 Å². The fraction of sp³-hybridized carbons (Fsp3) is 0.136. The van der Waals surface area contributed by atoms with Gasteiger partial charge in [0.25, 0.3) is 10.0 Å². The molecule has 4 rings (SSSR count). The van der Waals surface area contributed by atoms with Gasteiger partial charge in [0.15, 0.2) is 0 Å². The standard InChI is InChI=1S/C22H18F3N3O2S/c1-15-10-11-20-19(12-15)26-21(27-31(29,30)18-8-3-2-4-9-18)28(20)14-16-6-5-7-17(13-16)22(23,24)25/h2-13H,14H2,1H3,(H,26,27). The van der Waals surface area contributed by atoms with Crippen molar-refractivity contribution in [3.8, 4) is 0 Å². The molecule has 0 aliphatic heterocycles. The summed E-state index contributed by atoms with van der Waals surface area (Å²) in [5, 5.41) is 0. The summed E-state index contributed by atoms with van der Waals surface area (Å²) in [6, 6.07) is 18.1. The first-order chi connectivity index (χ1) is 14.6. The Morgan fingerprint density at radius 3 is 2.42 bits per heavy atom. The van der Waals surface area contributed by atoms with Crippen LogP contribution in [0.4, 0.5) is 19.1 Å². The molecule has 0 atom stereocenters. The minimum absolute atomic E-state index is 0.0100. The fourth-order valence-electron chi connectivity index (χ4n) is 3.29. The molecule has 0 unspecified atom stereocenters. The predicted molar refractivity (Wildman–Crippen MR) is 112 cm³/mol. The van der Waals surface area contributed by atoms with E-state index in [4.69, 9.17) is 0 Å². The van der Waals surface area contributed by atoms with Crippen molar-refractivity contribution in [3.63, 3.8) is 0 Å². The van der Waals surface area contributed by atoms with Gasteiger partial charge in [0.1, 0.15) is 0 Å². The van der Waals surface area contributed by atoms with Gasteiger partial charge >= 0.3 is 6.18 Å². The number of aromatic nitrogens is 2. The Balaban J connectivity index is 1.79. The Kier molecular flexibility index (Phi) is 5.22. The highest BCUT2D eigenvalue weighted by atomic mass is 32.2. The van der Waals surface area contributed by atoms with E-state index in [-0.39, 0.29) is 17.4 Å². The van der Waals surface area contributed by atoms with Crippen LogP contribution in [0.2, 0.25) is 0 Å². The highest BCUT2D eigenvalue weighted by molar-refractivity contribution is 7.92. The molecular weight excluding hydrogens is 427 g/mol. The highest BCUT2D eigenvalue weighted by Gasteiger charge is 2.30. The van der Waals surface area contributed by atoms with Crippen LogP contribution in [0.15, 0.2) is 77.7 Å². The molecule has 1 aromatic heterocycles. The number of anilines is 1. The number of fused-ring (bicyclic) bond motifs is 1. The molecule has 0 aliphatic carbocycles. The summed E-state index contributed by atoms with van der Waals surface area (Å²) >= 11 is 0. The summed E-state index contributed by atoms with van der Waals surface area (Å²) in [5.74, 6) is 0.0295. The molecule has 5 nitrogen and oxygen atoms in total. The van der Waals surface area contributed by atoms with Crippen molar-refractivity contribution in [2.75, 3.05) is 4.72 Å². The van der Waals surface area contributed by atoms with Gasteiger partial charge in [-0.25, -0.2) is 18.1 Å². The molecular formula is C22H18F3N3O2S. The first-order valence-corrected chi connectivity index (χ1v) is 10.8. The number of alkyl halides is 3. The van der Waals surface area contributed by atoms with E-state index in [1.165, 1.54) is 18.2 Å². The lowest BCUT2D eigenvalue weighted by Crippen LogP contribution is -2.17. The van der Waals surface area contributed by atoms with Crippen molar-refractivity contribution < 1.29 is 21.6 Å². The Labute approximate surface area is 177 Å². The van der Waals surface area contributed by atoms with Gasteiger partial charge in [0.05, 0.1) is 28.0 Å². The molecule has 0 spiro atoms. The second kappa shape index (κ2) is 7.73. The van der Waals surface area contributed by atoms with E-state index in [1.54, 1.807) is 41.0 Å². The van der Waals surface area contributed by atoms with Crippen LogP contribution in [0.3, 0.4) is 0 Å². The number of hydrogen-bond acceptors (Lipinski definition) is 3. The van der Waals surface area contributed by atoms with Crippen molar-refractivity contribution in [2.24, 2.45) is 0 Å². The quantitative estimate of drug-likeness (QED) is 0.459. The number of nitrogens with zero attached hydrogens (tertiary/aromatic N) is 2. The third-order valence-electron chi connectivity index (χ3n) is 4.78. The van der Waals surface area contributed by atoms with E-state index in [9.17, 15) is 21.6 Å². The average Bonchev–Trinajstić information content (AvgIpc) is 3.03. The second-order valence-electron chi connectivity index (χ2n) is 7.13. The second-order valence-corrected chi connectivity index (χ2v) is 8.81. The van der Waals surface area contributed by atoms with Crippen LogP contribution in [-0.4, -0.2) is 18.0 Å². The fourth-order valence-corrected chi connectivity index (χ4v) is 4.31. The number of imidazole rings is 1. The van der Waals surface area contributed by atoms with Crippen LogP contribution in [-0.2, 0) is 22.7 Å². The zero-order valence-electron chi connectivity index (χ0n) is 16.4. The topological polar surface area (TPSA) is 64.0 Å². The number of halogens is 3. The Morgan fingerprint density at radius 2 is 1.71 bits per heavy atom. The van der Waals surface area contributed by atoms with Gasteiger partial charge in [-0.1, -0.05) is 36.4 Å². The molecule has 1 heterocycles. The number of sulfonamides is 1. The summed E-state index contributed by atoms with van der Waals surface area (Å²) in [7, 11) is -3.93. The van der Waals surface area contributed by atoms with E-state index >= 15 is 0 Å². The van der Waals surface area contributed by atoms with E-state index in [0.717, 1.165) is 17.7 Å². The molecule has 160 valence electrons. The number of rotatable bonds is 5. The van der Waals surface area contributed by atoms with Gasteiger partial charge in [-0.3, -0.25) is 0 Å². The summed E-state index contributed by atoms with van der Waals surface area (Å²) in [6.45, 7) is 1.88. The molecule has 0 saturated carbocycles. The summed E-state index contributed by atoms with van der Waals surface area (Å²) in [5.41, 5.74) is 1.67. The molecule has 31 heavy (non-hydrogen) atoms. The van der Waals surface area contributed by atoms with E-state index in [1.807, 2.05) is 13.0 Å². The third-order valence-corrected chi connectivity index (χ3v) is 6.12. The Morgan fingerprint density at radius 1 is 0.968 bits per heavy atom. The van der Waals surface area contributed by atoms with Crippen LogP contribution >= 0.6 is 0 Å². The van der Waals surface area contributed by atoms with Gasteiger partial charge in [-0.05, 0) is 54.4 Å². The van der Waals surface area contributed by atoms with Gasteiger partial charge in [-0.15, -0.1) is 0 Å². The smallest absolute Gasteiger partial charge is 0.305 e. The normalized spacial score (nSPS) is 12.3. The molecule has 0 fully saturated rings. The molecule has 0 aliphatic rings. The Hall–Kier alpha value is -3.33. The first-order valence-electron chi connectivity index (χ1n) is 9.34. The maximum absolute atomic E-state index is 13.1. The monoisotopic (exact) mass is 445 g/mol. The summed E-state index contributed by atoms with van der Waals surface area (Å²) in [6.07, 6.45) is -4.47. The molecule has 0 radical (unpaired) electrons. The Bertz CT molecular complexity index is 1350. The van der Waals surface area contributed by atoms with Crippen LogP contribution in [0.1, 0.15) is 16.7 Å². The minimum atomic E-state index is -4.47. The lowest BCUT2D eigenvalue weighted by molar-refractivity contribution is -0.137. The van der Waals surface area contributed by atoms with Gasteiger partial charge < -0.3 is 4.57 Å². The molecule has 4 aromatic rings. The van der Waals surface area contributed by atoms with Crippen LogP contribution < -0.4 is 4.72 Å². The van der Waals surface area contributed by atoms with Crippen LogP contribution in [0.5, 0.6) is 0 Å². The summed E-state index contributed by atoms with van der Waals surface area (Å²) < 4.78 is 69.1. The van der Waals surface area contributed by atoms with Crippen molar-refractivity contribution in [1.29, 1.82) is 0 Å². The average molecular weight is 445 g/mol. The van der Waals surface area contributed by atoms with Crippen molar-refractivity contribution in [2.45, 2.75) is 24.5 Å². The third kappa shape index (κ3) is 4.41. The van der Waals surface area contributed by atoms with Crippen molar-refractivity contribution in [1.82, 2.24) is 9.55 Å². The number of benzene rings is 3. The summed E-state index contributed by atoms with van der Waals surface area (Å²) in [4.78, 5) is 4.46. The SMILES string of the molecule is Cc1ccc2c(c1)nc(NS(=O)(=O)c1ccccc1)n2Cc1cccc(C(F)(F)F)c1. The lowest BCUT2D eigenvalue weighted by Gasteiger charge is -2.13. The van der Waals surface area contributed by atoms with Gasteiger partial charge in [0.2, 0.25) is 5.95 Å². The molecule has 0 bridgehead atoms. The van der Waals surface area contributed by atoms with Crippen molar-refractivity contribution >= 4 is 27.0 Å². The first kappa shape index (κ1) is 20.9. The van der Waals surface area contributed by atoms with E-state index in [2.05, 4.69) is 9.71 Å². The lowest BCUT2D eigenvalue weighted by atomic mass is 10.1. The van der Waals surface area contributed by atoms with Gasteiger partial charge in [-0.2, -0.15) is 13.2 Å². The number of aryl methyl sites for hydroxylation is 1. The molecule has 0 saturated heterocycles. The molecule has 0 amide bonds. The van der Waals surface area contributed by atoms with Gasteiger partial charge in [0, 0.05) is 0 Å². The molecule has 9 heteroatoms. The van der Waals surface area contributed by atoms with Crippen LogP contribution in [0, 0.1) is 6.92 Å². The highest BCUT2D eigenvalue weighted by Crippen LogP contribution is 2.30. The molecule has 3 aromatic carbocycles. The maximum atomic E-state index is 13.1. The number of hydrogen-bond donors (Lipinski definition) is 1. The predicted octanol–water partition coefficient (Wildman–Crippen LogP) is 5.21. The zero-order chi connectivity index (χ0) is 22.2. The zero-order valence-corrected chi connectivity index (χ0v) is 17.2. The minimum Gasteiger partial charge on any atom is -0.305 e. The van der Waals surface area contributed by atoms with E-state index < -0.39 is 21.8 Å². The maximum Gasteiger partial charge on any atom is 0.416 e. The van der Waals surface area contributed by atoms with Crippen LogP contribution in [0.25, 0.3) is 11.0 Å².